The molecule has 20 heavy (non-hydrogen) atoms. The maximum atomic E-state index is 5.42. The standard InChI is InChI=1S/C12H15N7S/c1-7-5-8-10(15-6-9-14-3-4-19(9)2)16-12(18-13)17-11(8)20-7/h3-5H,6,13H2,1-2H3,(H2,15,16,17,18). The van der Waals surface area contributed by atoms with Crippen LogP contribution in [0.5, 0.6) is 0 Å². The van der Waals surface area contributed by atoms with Gasteiger partial charge in [0, 0.05) is 24.3 Å². The van der Waals surface area contributed by atoms with Gasteiger partial charge in [-0.2, -0.15) is 4.98 Å². The maximum Gasteiger partial charge on any atom is 0.240 e. The number of hydrogen-bond acceptors (Lipinski definition) is 7. The number of nitrogens with one attached hydrogen (secondary N) is 2. The average Bonchev–Trinajstić information content (AvgIpc) is 3.00. The zero-order valence-corrected chi connectivity index (χ0v) is 12.0. The summed E-state index contributed by atoms with van der Waals surface area (Å²) < 4.78 is 1.96. The molecule has 0 aromatic carbocycles. The van der Waals surface area contributed by atoms with E-state index in [1.54, 1.807) is 17.5 Å². The second-order valence-electron chi connectivity index (χ2n) is 4.42. The number of nitrogens with zero attached hydrogens (tertiary/aromatic N) is 4. The highest BCUT2D eigenvalue weighted by Crippen LogP contribution is 2.29. The summed E-state index contributed by atoms with van der Waals surface area (Å²) in [6.07, 6.45) is 3.68. The van der Waals surface area contributed by atoms with Gasteiger partial charge in [0.05, 0.1) is 11.9 Å². The Labute approximate surface area is 119 Å². The molecule has 4 N–H and O–H groups in total. The molecule has 0 saturated heterocycles. The Hall–Kier alpha value is -2.19. The van der Waals surface area contributed by atoms with E-state index in [9.17, 15) is 0 Å². The number of hydrogen-bond donors (Lipinski definition) is 3. The lowest BCUT2D eigenvalue weighted by Crippen LogP contribution is -2.12. The van der Waals surface area contributed by atoms with Crippen molar-refractivity contribution < 1.29 is 0 Å². The smallest absolute Gasteiger partial charge is 0.240 e. The molecule has 3 aromatic heterocycles. The van der Waals surface area contributed by atoms with E-state index in [1.165, 1.54) is 4.88 Å². The van der Waals surface area contributed by atoms with Crippen molar-refractivity contribution in [3.8, 4) is 0 Å². The van der Waals surface area contributed by atoms with Crippen LogP contribution >= 0.6 is 11.3 Å². The van der Waals surface area contributed by atoms with E-state index in [2.05, 4.69) is 31.8 Å². The van der Waals surface area contributed by atoms with E-state index < -0.39 is 0 Å². The lowest BCUT2D eigenvalue weighted by atomic mass is 10.3. The highest BCUT2D eigenvalue weighted by atomic mass is 32.1. The summed E-state index contributed by atoms with van der Waals surface area (Å²) in [5, 5.41) is 4.30. The minimum Gasteiger partial charge on any atom is -0.362 e. The van der Waals surface area contributed by atoms with Crippen molar-refractivity contribution in [3.05, 3.63) is 29.2 Å². The molecular formula is C12H15N7S. The Morgan fingerprint density at radius 3 is 2.95 bits per heavy atom. The summed E-state index contributed by atoms with van der Waals surface area (Å²) in [6.45, 7) is 2.64. The normalized spacial score (nSPS) is 10.9. The average molecular weight is 289 g/mol. The van der Waals surface area contributed by atoms with Gasteiger partial charge in [0.2, 0.25) is 5.95 Å². The molecule has 104 valence electrons. The molecule has 0 bridgehead atoms. The Morgan fingerprint density at radius 2 is 2.25 bits per heavy atom. The Kier molecular flexibility index (Phi) is 3.25. The van der Waals surface area contributed by atoms with Gasteiger partial charge in [-0.15, -0.1) is 11.3 Å². The molecule has 0 fully saturated rings. The van der Waals surface area contributed by atoms with Gasteiger partial charge in [0.1, 0.15) is 16.5 Å². The number of fused-ring (bicyclic) bond motifs is 1. The van der Waals surface area contributed by atoms with Gasteiger partial charge < -0.3 is 9.88 Å². The molecule has 0 unspecified atom stereocenters. The summed E-state index contributed by atoms with van der Waals surface area (Å²) in [5.74, 6) is 7.52. The summed E-state index contributed by atoms with van der Waals surface area (Å²) in [5.41, 5.74) is 2.50. The Morgan fingerprint density at radius 1 is 1.40 bits per heavy atom. The van der Waals surface area contributed by atoms with Crippen LogP contribution in [0, 0.1) is 6.92 Å². The number of hydrazine groups is 1. The molecule has 0 atom stereocenters. The van der Waals surface area contributed by atoms with Crippen LogP contribution in [0.1, 0.15) is 10.7 Å². The number of anilines is 2. The molecule has 8 heteroatoms. The number of rotatable bonds is 4. The van der Waals surface area contributed by atoms with E-state index in [0.717, 1.165) is 21.9 Å². The summed E-state index contributed by atoms with van der Waals surface area (Å²) in [4.78, 5) is 15.1. The third kappa shape index (κ3) is 2.30. The molecule has 0 radical (unpaired) electrons. The zero-order chi connectivity index (χ0) is 14.1. The summed E-state index contributed by atoms with van der Waals surface area (Å²) in [6, 6.07) is 2.07. The number of imidazole rings is 1. The number of thiophene rings is 1. The van der Waals surface area contributed by atoms with E-state index in [0.29, 0.717) is 12.5 Å². The maximum absolute atomic E-state index is 5.42. The molecule has 0 aliphatic heterocycles. The van der Waals surface area contributed by atoms with Crippen molar-refractivity contribution in [3.63, 3.8) is 0 Å². The van der Waals surface area contributed by atoms with Crippen LogP contribution in [0.25, 0.3) is 10.2 Å². The van der Waals surface area contributed by atoms with Gasteiger partial charge in [-0.1, -0.05) is 0 Å². The van der Waals surface area contributed by atoms with Gasteiger partial charge in [0.15, 0.2) is 0 Å². The monoisotopic (exact) mass is 289 g/mol. The van der Waals surface area contributed by atoms with Crippen molar-refractivity contribution in [2.24, 2.45) is 12.9 Å². The van der Waals surface area contributed by atoms with E-state index >= 15 is 0 Å². The first-order valence-electron chi connectivity index (χ1n) is 6.12. The summed E-state index contributed by atoms with van der Waals surface area (Å²) >= 11 is 1.61. The second-order valence-corrected chi connectivity index (χ2v) is 5.66. The van der Waals surface area contributed by atoms with Gasteiger partial charge in [0.25, 0.3) is 0 Å². The first kappa shape index (κ1) is 12.8. The molecule has 3 heterocycles. The third-order valence-corrected chi connectivity index (χ3v) is 3.92. The van der Waals surface area contributed by atoms with Crippen molar-refractivity contribution in [2.75, 3.05) is 10.7 Å². The SMILES string of the molecule is Cc1cc2c(NCc3nccn3C)nc(NN)nc2s1. The van der Waals surface area contributed by atoms with Crippen LogP contribution in [-0.2, 0) is 13.6 Å². The van der Waals surface area contributed by atoms with E-state index in [4.69, 9.17) is 5.84 Å². The fourth-order valence-corrected chi connectivity index (χ4v) is 2.85. The van der Waals surface area contributed by atoms with Crippen molar-refractivity contribution in [1.82, 2.24) is 19.5 Å². The third-order valence-electron chi connectivity index (χ3n) is 2.98. The zero-order valence-electron chi connectivity index (χ0n) is 11.2. The predicted octanol–water partition coefficient (Wildman–Crippen LogP) is 1.63. The minimum atomic E-state index is 0.404. The number of aryl methyl sites for hydroxylation is 2. The molecule has 7 nitrogen and oxygen atoms in total. The van der Waals surface area contributed by atoms with Crippen molar-refractivity contribution in [2.45, 2.75) is 13.5 Å². The van der Waals surface area contributed by atoms with Crippen LogP contribution in [0.4, 0.5) is 11.8 Å². The van der Waals surface area contributed by atoms with Gasteiger partial charge >= 0.3 is 0 Å². The van der Waals surface area contributed by atoms with Gasteiger partial charge in [-0.3, -0.25) is 5.43 Å². The first-order chi connectivity index (χ1) is 9.67. The van der Waals surface area contributed by atoms with Gasteiger partial charge in [-0.25, -0.2) is 15.8 Å². The number of nitrogens with two attached hydrogens (primary N) is 1. The van der Waals surface area contributed by atoms with E-state index in [1.807, 2.05) is 24.7 Å². The lowest BCUT2D eigenvalue weighted by Gasteiger charge is -2.08. The van der Waals surface area contributed by atoms with Crippen LogP contribution in [0.3, 0.4) is 0 Å². The minimum absolute atomic E-state index is 0.404. The topological polar surface area (TPSA) is 93.7 Å². The summed E-state index contributed by atoms with van der Waals surface area (Å²) in [7, 11) is 1.96. The van der Waals surface area contributed by atoms with Crippen molar-refractivity contribution in [1.29, 1.82) is 0 Å². The van der Waals surface area contributed by atoms with Crippen LogP contribution in [0.2, 0.25) is 0 Å². The van der Waals surface area contributed by atoms with Gasteiger partial charge in [-0.05, 0) is 13.0 Å². The van der Waals surface area contributed by atoms with Crippen LogP contribution < -0.4 is 16.6 Å². The van der Waals surface area contributed by atoms with Crippen LogP contribution in [-0.4, -0.2) is 19.5 Å². The van der Waals surface area contributed by atoms with E-state index in [-0.39, 0.29) is 0 Å². The number of nitrogen functional groups attached to an aromatic ring is 1. The van der Waals surface area contributed by atoms with Crippen molar-refractivity contribution >= 4 is 33.3 Å². The molecule has 3 aromatic rings. The number of aromatic nitrogens is 4. The Balaban J connectivity index is 1.95. The lowest BCUT2D eigenvalue weighted by molar-refractivity contribution is 0.811. The quantitative estimate of drug-likeness (QED) is 0.499. The molecule has 0 spiro atoms. The predicted molar refractivity (Wildman–Crippen MR) is 80.5 cm³/mol. The Bertz CT molecular complexity index is 745. The molecule has 3 rings (SSSR count). The highest BCUT2D eigenvalue weighted by Gasteiger charge is 2.10. The largest absolute Gasteiger partial charge is 0.362 e. The molecule has 0 aliphatic carbocycles. The first-order valence-corrected chi connectivity index (χ1v) is 6.94. The molecule has 0 amide bonds. The fourth-order valence-electron chi connectivity index (χ4n) is 1.97. The molecular weight excluding hydrogens is 274 g/mol. The molecule has 0 saturated carbocycles. The molecule has 0 aliphatic rings. The highest BCUT2D eigenvalue weighted by molar-refractivity contribution is 7.18. The van der Waals surface area contributed by atoms with Crippen LogP contribution in [0.15, 0.2) is 18.5 Å². The second kappa shape index (κ2) is 5.06. The fraction of sp³-hybridized carbons (Fsp3) is 0.250.